The smallest absolute Gasteiger partial charge is 0.0577 e. The number of fused-ring (bicyclic) bond motifs is 5. The summed E-state index contributed by atoms with van der Waals surface area (Å²) >= 11 is 0. The molecule has 0 amide bonds. The van der Waals surface area contributed by atoms with Gasteiger partial charge in [-0.2, -0.15) is 0 Å². The summed E-state index contributed by atoms with van der Waals surface area (Å²) in [7, 11) is 0. The van der Waals surface area contributed by atoms with Crippen LogP contribution in [0.4, 0.5) is 0 Å². The van der Waals surface area contributed by atoms with Crippen molar-refractivity contribution in [2.45, 2.75) is 97.5 Å². The Balaban J connectivity index is 1.52. The van der Waals surface area contributed by atoms with Crippen molar-refractivity contribution in [3.63, 3.8) is 0 Å². The second-order valence-corrected chi connectivity index (χ2v) is 10.5. The topological polar surface area (TPSA) is 20.2 Å². The van der Waals surface area contributed by atoms with Gasteiger partial charge >= 0.3 is 0 Å². The van der Waals surface area contributed by atoms with Crippen LogP contribution in [0.3, 0.4) is 0 Å². The molecule has 3 saturated carbocycles. The average Bonchev–Trinajstić information content (AvgIpc) is 2.96. The highest BCUT2D eigenvalue weighted by molar-refractivity contribution is 5.25. The first kappa shape index (κ1) is 18.8. The van der Waals surface area contributed by atoms with Gasteiger partial charge in [0.05, 0.1) is 6.10 Å². The molecule has 0 aromatic heterocycles. The molecule has 4 rings (SSSR count). The van der Waals surface area contributed by atoms with E-state index in [4.69, 9.17) is 0 Å². The number of hydrogen-bond acceptors (Lipinski definition) is 1. The van der Waals surface area contributed by atoms with Gasteiger partial charge in [-0.3, -0.25) is 0 Å². The van der Waals surface area contributed by atoms with E-state index in [0.29, 0.717) is 10.8 Å². The normalized spacial score (nSPS) is 48.0. The quantitative estimate of drug-likeness (QED) is 0.557. The van der Waals surface area contributed by atoms with Gasteiger partial charge in [0.1, 0.15) is 0 Å². The van der Waals surface area contributed by atoms with Crippen molar-refractivity contribution >= 4 is 0 Å². The van der Waals surface area contributed by atoms with E-state index in [0.717, 1.165) is 36.5 Å². The summed E-state index contributed by atoms with van der Waals surface area (Å²) in [4.78, 5) is 0. The van der Waals surface area contributed by atoms with E-state index in [9.17, 15) is 5.11 Å². The van der Waals surface area contributed by atoms with Crippen molar-refractivity contribution in [3.8, 4) is 0 Å². The van der Waals surface area contributed by atoms with Crippen LogP contribution in [-0.2, 0) is 0 Å². The summed E-state index contributed by atoms with van der Waals surface area (Å²) in [6, 6.07) is 0. The van der Waals surface area contributed by atoms with Gasteiger partial charge in [-0.15, -0.1) is 0 Å². The zero-order chi connectivity index (χ0) is 18.4. The third-order valence-corrected chi connectivity index (χ3v) is 9.32. The van der Waals surface area contributed by atoms with Gasteiger partial charge < -0.3 is 5.11 Å². The molecule has 4 aliphatic rings. The summed E-state index contributed by atoms with van der Waals surface area (Å²) in [6.07, 6.45) is 21.5. The lowest BCUT2D eigenvalue weighted by atomic mass is 9.47. The average molecular weight is 357 g/mol. The molecule has 3 fully saturated rings. The van der Waals surface area contributed by atoms with E-state index in [2.05, 4.69) is 39.0 Å². The van der Waals surface area contributed by atoms with Gasteiger partial charge in [-0.25, -0.2) is 0 Å². The lowest BCUT2D eigenvalue weighted by molar-refractivity contribution is -0.0492. The van der Waals surface area contributed by atoms with Crippen LogP contribution in [0.15, 0.2) is 23.8 Å². The Morgan fingerprint density at radius 3 is 2.73 bits per heavy atom. The highest BCUT2D eigenvalue weighted by atomic mass is 16.3. The van der Waals surface area contributed by atoms with Crippen molar-refractivity contribution in [3.05, 3.63) is 23.8 Å². The van der Waals surface area contributed by atoms with Crippen LogP contribution in [0.25, 0.3) is 0 Å². The minimum atomic E-state index is -0.0782. The van der Waals surface area contributed by atoms with Gasteiger partial charge in [0, 0.05) is 0 Å². The van der Waals surface area contributed by atoms with E-state index in [1.54, 1.807) is 5.57 Å². The summed E-state index contributed by atoms with van der Waals surface area (Å²) < 4.78 is 0. The second-order valence-electron chi connectivity index (χ2n) is 10.5. The molecule has 0 aliphatic heterocycles. The molecule has 1 N–H and O–H groups in total. The summed E-state index contributed by atoms with van der Waals surface area (Å²) in [5.41, 5.74) is 2.58. The molecule has 0 radical (unpaired) electrons. The monoisotopic (exact) mass is 356 g/mol. The number of aliphatic hydroxyl groups excluding tert-OH is 1. The molecule has 3 unspecified atom stereocenters. The molecule has 146 valence electrons. The Kier molecular flexibility index (Phi) is 5.14. The first-order chi connectivity index (χ1) is 12.5. The van der Waals surface area contributed by atoms with E-state index < -0.39 is 0 Å². The zero-order valence-corrected chi connectivity index (χ0v) is 17.3. The third-order valence-electron chi connectivity index (χ3n) is 9.32. The predicted molar refractivity (Wildman–Crippen MR) is 110 cm³/mol. The van der Waals surface area contributed by atoms with E-state index >= 15 is 0 Å². The standard InChI is InChI=1S/C25H40O/c1-4-5-6-7-8-18-10-12-22-21-11-9-19-17-20(26)13-15-25(19,3)23(21)14-16-24(18,22)2/h6-7,9,18,20-23,26H,4-5,8,10-17H2,1-3H3/b7-6-/t18-,20-,21?,22?,23?,24+,25-/m0/s1. The van der Waals surface area contributed by atoms with Gasteiger partial charge in [0.2, 0.25) is 0 Å². The molecule has 0 aromatic rings. The van der Waals surface area contributed by atoms with E-state index in [1.807, 2.05) is 0 Å². The van der Waals surface area contributed by atoms with Crippen molar-refractivity contribution < 1.29 is 5.11 Å². The largest absolute Gasteiger partial charge is 0.393 e. The Bertz CT molecular complexity index is 575. The van der Waals surface area contributed by atoms with Crippen molar-refractivity contribution in [1.82, 2.24) is 0 Å². The minimum Gasteiger partial charge on any atom is -0.393 e. The maximum Gasteiger partial charge on any atom is 0.0577 e. The lowest BCUT2D eigenvalue weighted by Gasteiger charge is -2.58. The van der Waals surface area contributed by atoms with Crippen LogP contribution in [-0.4, -0.2) is 11.2 Å². The molecule has 1 nitrogen and oxygen atoms in total. The van der Waals surface area contributed by atoms with Gasteiger partial charge in [0.15, 0.2) is 0 Å². The Morgan fingerprint density at radius 2 is 1.92 bits per heavy atom. The van der Waals surface area contributed by atoms with Gasteiger partial charge in [-0.05, 0) is 98.7 Å². The zero-order valence-electron chi connectivity index (χ0n) is 17.3. The van der Waals surface area contributed by atoms with Crippen molar-refractivity contribution in [1.29, 1.82) is 0 Å². The minimum absolute atomic E-state index is 0.0782. The third kappa shape index (κ3) is 2.93. The van der Waals surface area contributed by atoms with Crippen molar-refractivity contribution in [2.24, 2.45) is 34.5 Å². The Labute approximate surface area is 161 Å². The van der Waals surface area contributed by atoms with Gasteiger partial charge in [-0.1, -0.05) is 51.0 Å². The van der Waals surface area contributed by atoms with Crippen molar-refractivity contribution in [2.75, 3.05) is 0 Å². The van der Waals surface area contributed by atoms with Crippen LogP contribution in [0.2, 0.25) is 0 Å². The van der Waals surface area contributed by atoms with Gasteiger partial charge in [0.25, 0.3) is 0 Å². The molecule has 0 aromatic carbocycles. The molecule has 0 heterocycles. The molecule has 4 aliphatic carbocycles. The fourth-order valence-corrected chi connectivity index (χ4v) is 7.68. The molecule has 1 heteroatoms. The molecule has 0 saturated heterocycles. The summed E-state index contributed by atoms with van der Waals surface area (Å²) in [5, 5.41) is 10.2. The molecule has 7 atom stereocenters. The second kappa shape index (κ2) is 7.12. The SMILES string of the molecule is CCC/C=C\C[C@H]1CCC2C3CC=C4C[C@@H](O)CC[C@]4(C)C3CC[C@@]21C. The van der Waals surface area contributed by atoms with Crippen LogP contribution in [0, 0.1) is 34.5 Å². The molecular formula is C25H40O. The maximum absolute atomic E-state index is 10.2. The van der Waals surface area contributed by atoms with Crippen LogP contribution >= 0.6 is 0 Å². The maximum atomic E-state index is 10.2. The predicted octanol–water partition coefficient (Wildman–Crippen LogP) is 6.67. The van der Waals surface area contributed by atoms with Crippen LogP contribution in [0.5, 0.6) is 0 Å². The number of hydrogen-bond donors (Lipinski definition) is 1. The number of rotatable bonds is 4. The molecular weight excluding hydrogens is 316 g/mol. The molecule has 0 spiro atoms. The van der Waals surface area contributed by atoms with Crippen LogP contribution in [0.1, 0.15) is 91.4 Å². The lowest BCUT2D eigenvalue weighted by Crippen LogP contribution is -2.50. The molecule has 0 bridgehead atoms. The summed E-state index contributed by atoms with van der Waals surface area (Å²) in [5.74, 6) is 3.63. The molecule has 26 heavy (non-hydrogen) atoms. The number of allylic oxidation sites excluding steroid dienone is 3. The van der Waals surface area contributed by atoms with Crippen LogP contribution < -0.4 is 0 Å². The highest BCUT2D eigenvalue weighted by Crippen LogP contribution is 2.66. The first-order valence-corrected chi connectivity index (χ1v) is 11.5. The highest BCUT2D eigenvalue weighted by Gasteiger charge is 2.58. The fraction of sp³-hybridized carbons (Fsp3) is 0.840. The Morgan fingerprint density at radius 1 is 1.08 bits per heavy atom. The fourth-order valence-electron chi connectivity index (χ4n) is 7.68. The van der Waals surface area contributed by atoms with E-state index in [-0.39, 0.29) is 6.10 Å². The van der Waals surface area contributed by atoms with E-state index in [1.165, 1.54) is 57.8 Å². The number of unbranched alkanes of at least 4 members (excludes halogenated alkanes) is 1. The Hall–Kier alpha value is -0.560. The summed E-state index contributed by atoms with van der Waals surface area (Å²) in [6.45, 7) is 7.46. The first-order valence-electron chi connectivity index (χ1n) is 11.5. The number of aliphatic hydroxyl groups is 1.